The lowest BCUT2D eigenvalue weighted by Crippen LogP contribution is -2.40. The first kappa shape index (κ1) is 16.3. The number of aromatic carboxylic acids is 1. The van der Waals surface area contributed by atoms with Gasteiger partial charge < -0.3 is 15.3 Å². The van der Waals surface area contributed by atoms with Gasteiger partial charge in [-0.2, -0.15) is 0 Å². The second kappa shape index (κ2) is 7.24. The van der Waals surface area contributed by atoms with Crippen LogP contribution in [0, 0.1) is 5.92 Å². The van der Waals surface area contributed by atoms with Crippen LogP contribution in [0.2, 0.25) is 0 Å². The van der Waals surface area contributed by atoms with E-state index < -0.39 is 5.97 Å². The zero-order valence-electron chi connectivity index (χ0n) is 13.1. The minimum absolute atomic E-state index is 0.0279. The van der Waals surface area contributed by atoms with Gasteiger partial charge in [0.05, 0.1) is 11.9 Å². The number of carbonyl (C=O) groups excluding carboxylic acids is 1. The first-order valence-electron chi connectivity index (χ1n) is 7.70. The fourth-order valence-electron chi connectivity index (χ4n) is 2.70. The number of carbonyl (C=O) groups is 2. The number of nitrogens with zero attached hydrogens (tertiary/aromatic N) is 2. The van der Waals surface area contributed by atoms with E-state index in [2.05, 4.69) is 24.1 Å². The molecular formula is C16H23N3O3. The maximum atomic E-state index is 12.2. The predicted molar refractivity (Wildman–Crippen MR) is 83.9 cm³/mol. The molecule has 1 amide bonds. The normalized spacial score (nSPS) is 17.8. The van der Waals surface area contributed by atoms with Crippen molar-refractivity contribution in [3.8, 4) is 0 Å². The smallest absolute Gasteiger partial charge is 0.354 e. The van der Waals surface area contributed by atoms with Crippen molar-refractivity contribution in [2.75, 3.05) is 18.4 Å². The lowest BCUT2D eigenvalue weighted by atomic mass is 10.1. The van der Waals surface area contributed by atoms with E-state index in [0.29, 0.717) is 18.9 Å². The van der Waals surface area contributed by atoms with Crippen LogP contribution in [0.5, 0.6) is 0 Å². The number of nitrogens with one attached hydrogen (secondary N) is 1. The summed E-state index contributed by atoms with van der Waals surface area (Å²) >= 11 is 0. The van der Waals surface area contributed by atoms with Gasteiger partial charge in [-0.05, 0) is 30.9 Å². The number of anilines is 1. The number of rotatable bonds is 6. The van der Waals surface area contributed by atoms with Crippen molar-refractivity contribution in [3.05, 3.63) is 24.0 Å². The number of aromatic nitrogens is 1. The van der Waals surface area contributed by atoms with E-state index in [4.69, 9.17) is 5.11 Å². The van der Waals surface area contributed by atoms with Gasteiger partial charge in [0.15, 0.2) is 0 Å². The van der Waals surface area contributed by atoms with Crippen LogP contribution in [0.1, 0.15) is 43.6 Å². The van der Waals surface area contributed by atoms with Gasteiger partial charge in [0.2, 0.25) is 5.91 Å². The molecule has 1 aliphatic heterocycles. The average Bonchev–Trinajstić information content (AvgIpc) is 2.93. The minimum Gasteiger partial charge on any atom is -0.477 e. The molecule has 1 aromatic heterocycles. The highest BCUT2D eigenvalue weighted by atomic mass is 16.4. The third-order valence-electron chi connectivity index (χ3n) is 3.80. The molecule has 22 heavy (non-hydrogen) atoms. The summed E-state index contributed by atoms with van der Waals surface area (Å²) in [6.07, 6.45) is 4.13. The summed E-state index contributed by atoms with van der Waals surface area (Å²) in [5.74, 6) is -0.444. The second-order valence-electron chi connectivity index (χ2n) is 6.10. The third-order valence-corrected chi connectivity index (χ3v) is 3.80. The van der Waals surface area contributed by atoms with Crippen molar-refractivity contribution in [2.24, 2.45) is 5.92 Å². The Bertz CT molecular complexity index is 528. The molecule has 0 unspecified atom stereocenters. The lowest BCUT2D eigenvalue weighted by Gasteiger charge is -2.26. The quantitative estimate of drug-likeness (QED) is 0.842. The molecule has 2 heterocycles. The molecule has 1 fully saturated rings. The zero-order valence-corrected chi connectivity index (χ0v) is 13.1. The average molecular weight is 305 g/mol. The van der Waals surface area contributed by atoms with Crippen LogP contribution in [0.25, 0.3) is 0 Å². The Labute approximate surface area is 130 Å². The van der Waals surface area contributed by atoms with E-state index in [0.717, 1.165) is 25.1 Å². The van der Waals surface area contributed by atoms with Crippen LogP contribution in [-0.4, -0.2) is 46.0 Å². The van der Waals surface area contributed by atoms with Gasteiger partial charge in [-0.3, -0.25) is 4.79 Å². The van der Waals surface area contributed by atoms with Crippen LogP contribution in [0.3, 0.4) is 0 Å². The molecule has 0 radical (unpaired) electrons. The summed E-state index contributed by atoms with van der Waals surface area (Å²) in [6, 6.07) is 3.37. The Morgan fingerprint density at radius 2 is 2.23 bits per heavy atom. The molecule has 0 saturated carbocycles. The lowest BCUT2D eigenvalue weighted by molar-refractivity contribution is -0.132. The van der Waals surface area contributed by atoms with Gasteiger partial charge in [-0.25, -0.2) is 9.78 Å². The molecule has 0 spiro atoms. The van der Waals surface area contributed by atoms with Crippen molar-refractivity contribution in [2.45, 2.75) is 39.2 Å². The second-order valence-corrected chi connectivity index (χ2v) is 6.10. The van der Waals surface area contributed by atoms with Gasteiger partial charge in [-0.15, -0.1) is 0 Å². The number of likely N-dealkylation sites (tertiary alicyclic amines) is 1. The van der Waals surface area contributed by atoms with E-state index in [1.807, 2.05) is 4.90 Å². The molecular weight excluding hydrogens is 282 g/mol. The molecule has 6 nitrogen and oxygen atoms in total. The number of amides is 1. The van der Waals surface area contributed by atoms with Crippen molar-refractivity contribution in [1.29, 1.82) is 0 Å². The molecule has 1 aromatic rings. The summed E-state index contributed by atoms with van der Waals surface area (Å²) in [7, 11) is 0. The highest BCUT2D eigenvalue weighted by molar-refractivity contribution is 5.85. The largest absolute Gasteiger partial charge is 0.477 e. The van der Waals surface area contributed by atoms with Crippen LogP contribution in [0.15, 0.2) is 18.3 Å². The van der Waals surface area contributed by atoms with Crippen molar-refractivity contribution in [3.63, 3.8) is 0 Å². The Balaban J connectivity index is 1.89. The molecule has 1 atom stereocenters. The standard InChI is InChI=1S/C16H23N3O3/c1-11(2)8-15(20)19-7-3-4-13(19)10-17-12-5-6-14(16(21)22)18-9-12/h5-6,9,11,13,17H,3-4,7-8,10H2,1-2H3,(H,21,22)/t13-/m0/s1. The fraction of sp³-hybridized carbons (Fsp3) is 0.562. The Hall–Kier alpha value is -2.11. The van der Waals surface area contributed by atoms with E-state index in [1.54, 1.807) is 6.07 Å². The highest BCUT2D eigenvalue weighted by Gasteiger charge is 2.28. The van der Waals surface area contributed by atoms with Gasteiger partial charge in [0, 0.05) is 25.6 Å². The number of pyridine rings is 1. The van der Waals surface area contributed by atoms with Crippen molar-refractivity contribution in [1.82, 2.24) is 9.88 Å². The number of hydrogen-bond donors (Lipinski definition) is 2. The first-order valence-corrected chi connectivity index (χ1v) is 7.70. The van der Waals surface area contributed by atoms with Crippen LogP contribution >= 0.6 is 0 Å². The van der Waals surface area contributed by atoms with E-state index in [1.165, 1.54) is 12.3 Å². The summed E-state index contributed by atoms with van der Waals surface area (Å²) in [4.78, 5) is 28.8. The Morgan fingerprint density at radius 1 is 1.45 bits per heavy atom. The third kappa shape index (κ3) is 4.19. The maximum absolute atomic E-state index is 12.2. The Morgan fingerprint density at radius 3 is 2.82 bits per heavy atom. The zero-order chi connectivity index (χ0) is 16.1. The first-order chi connectivity index (χ1) is 10.5. The molecule has 2 rings (SSSR count). The number of carboxylic acid groups (broad SMARTS) is 1. The van der Waals surface area contributed by atoms with Gasteiger partial charge >= 0.3 is 5.97 Å². The summed E-state index contributed by atoms with van der Waals surface area (Å²) < 4.78 is 0. The molecule has 1 aliphatic rings. The highest BCUT2D eigenvalue weighted by Crippen LogP contribution is 2.20. The summed E-state index contributed by atoms with van der Waals surface area (Å²) in [5, 5.41) is 12.1. The van der Waals surface area contributed by atoms with Crippen molar-refractivity contribution >= 4 is 17.6 Å². The van der Waals surface area contributed by atoms with E-state index >= 15 is 0 Å². The van der Waals surface area contributed by atoms with Crippen LogP contribution in [0.4, 0.5) is 5.69 Å². The number of carboxylic acids is 1. The maximum Gasteiger partial charge on any atom is 0.354 e. The molecule has 6 heteroatoms. The van der Waals surface area contributed by atoms with E-state index in [-0.39, 0.29) is 17.6 Å². The topological polar surface area (TPSA) is 82.5 Å². The Kier molecular flexibility index (Phi) is 5.35. The van der Waals surface area contributed by atoms with Gasteiger partial charge in [0.25, 0.3) is 0 Å². The van der Waals surface area contributed by atoms with Crippen molar-refractivity contribution < 1.29 is 14.7 Å². The summed E-state index contributed by atoms with van der Waals surface area (Å²) in [6.45, 7) is 5.60. The molecule has 1 saturated heterocycles. The molecule has 2 N–H and O–H groups in total. The number of hydrogen-bond acceptors (Lipinski definition) is 4. The monoisotopic (exact) mass is 305 g/mol. The summed E-state index contributed by atoms with van der Waals surface area (Å²) in [5.41, 5.74) is 0.799. The molecule has 120 valence electrons. The molecule has 0 bridgehead atoms. The van der Waals surface area contributed by atoms with Crippen LogP contribution < -0.4 is 5.32 Å². The fourth-order valence-corrected chi connectivity index (χ4v) is 2.70. The minimum atomic E-state index is -1.03. The molecule has 0 aliphatic carbocycles. The molecule has 0 aromatic carbocycles. The van der Waals surface area contributed by atoms with Crippen LogP contribution in [-0.2, 0) is 4.79 Å². The SMILES string of the molecule is CC(C)CC(=O)N1CCC[C@H]1CNc1ccc(C(=O)O)nc1. The van der Waals surface area contributed by atoms with Gasteiger partial charge in [0.1, 0.15) is 5.69 Å². The predicted octanol–water partition coefficient (Wildman–Crippen LogP) is 2.23. The van der Waals surface area contributed by atoms with Gasteiger partial charge in [-0.1, -0.05) is 13.8 Å². The van der Waals surface area contributed by atoms with E-state index in [9.17, 15) is 9.59 Å².